The maximum atomic E-state index is 11.9. The van der Waals surface area contributed by atoms with Crippen molar-refractivity contribution in [2.24, 2.45) is 28.6 Å². The van der Waals surface area contributed by atoms with Gasteiger partial charge in [0.2, 0.25) is 0 Å². The smallest absolute Gasteiger partial charge is 0.184 e. The predicted molar refractivity (Wildman–Crippen MR) is 105 cm³/mol. The Labute approximate surface area is 154 Å². The number of hydrogen-bond donors (Lipinski definition) is 0. The van der Waals surface area contributed by atoms with Gasteiger partial charge in [-0.05, 0) is 99.2 Å². The van der Waals surface area contributed by atoms with Crippen molar-refractivity contribution in [3.63, 3.8) is 0 Å². The highest BCUT2D eigenvalue weighted by Gasteiger charge is 2.59. The molecule has 3 fully saturated rings. The third-order valence-corrected chi connectivity index (χ3v) is 9.36. The van der Waals surface area contributed by atoms with Gasteiger partial charge in [0.05, 0.1) is 6.10 Å². The Morgan fingerprint density at radius 1 is 1.00 bits per heavy atom. The van der Waals surface area contributed by atoms with E-state index < -0.39 is 8.32 Å². The standard InChI is InChI=1S/C22H36O2Si/c1-21-12-10-16(23)14-15(21)6-7-17-18-8-9-20(24-25(3,4)5)22(18,2)13-11-19(17)21/h14,17-20H,6-13H2,1-5H3/t17-,18-,19-,20+,21+,22-/m1/s1. The first kappa shape index (κ1) is 18.0. The van der Waals surface area contributed by atoms with Gasteiger partial charge in [-0.1, -0.05) is 19.4 Å². The van der Waals surface area contributed by atoms with Crippen molar-refractivity contribution in [1.82, 2.24) is 0 Å². The van der Waals surface area contributed by atoms with Gasteiger partial charge >= 0.3 is 0 Å². The van der Waals surface area contributed by atoms with Crippen molar-refractivity contribution in [2.75, 3.05) is 0 Å². The molecule has 0 aromatic carbocycles. The van der Waals surface area contributed by atoms with Crippen LogP contribution in [0.2, 0.25) is 19.6 Å². The van der Waals surface area contributed by atoms with E-state index in [1.54, 1.807) is 0 Å². The van der Waals surface area contributed by atoms with Gasteiger partial charge in [0, 0.05) is 6.42 Å². The molecule has 3 saturated carbocycles. The van der Waals surface area contributed by atoms with Crippen molar-refractivity contribution < 1.29 is 9.22 Å². The Bertz CT molecular complexity index is 604. The van der Waals surface area contributed by atoms with E-state index in [1.807, 2.05) is 6.08 Å². The van der Waals surface area contributed by atoms with Crippen LogP contribution in [0, 0.1) is 28.6 Å². The number of carbonyl (C=O) groups is 1. The average molecular weight is 361 g/mol. The van der Waals surface area contributed by atoms with E-state index in [0.717, 1.165) is 37.0 Å². The zero-order valence-corrected chi connectivity index (χ0v) is 17.9. The average Bonchev–Trinajstić information content (AvgIpc) is 2.83. The molecular formula is C22H36O2Si. The minimum absolute atomic E-state index is 0.301. The molecule has 4 aliphatic rings. The Morgan fingerprint density at radius 2 is 1.76 bits per heavy atom. The van der Waals surface area contributed by atoms with E-state index in [0.29, 0.717) is 22.7 Å². The highest BCUT2D eigenvalue weighted by atomic mass is 28.4. The summed E-state index contributed by atoms with van der Waals surface area (Å²) in [5.41, 5.74) is 2.18. The first-order valence-electron chi connectivity index (χ1n) is 10.6. The summed E-state index contributed by atoms with van der Waals surface area (Å²) in [4.78, 5) is 11.9. The summed E-state index contributed by atoms with van der Waals surface area (Å²) in [6.45, 7) is 12.0. The van der Waals surface area contributed by atoms with Gasteiger partial charge in [-0.15, -0.1) is 0 Å². The highest BCUT2D eigenvalue weighted by molar-refractivity contribution is 6.69. The van der Waals surface area contributed by atoms with Crippen molar-refractivity contribution in [3.8, 4) is 0 Å². The molecule has 0 radical (unpaired) electrons. The molecule has 0 saturated heterocycles. The van der Waals surface area contributed by atoms with Crippen molar-refractivity contribution in [2.45, 2.75) is 91.0 Å². The van der Waals surface area contributed by atoms with Gasteiger partial charge in [-0.25, -0.2) is 0 Å². The first-order chi connectivity index (χ1) is 11.6. The van der Waals surface area contributed by atoms with Gasteiger partial charge in [0.15, 0.2) is 14.1 Å². The minimum atomic E-state index is -1.49. The van der Waals surface area contributed by atoms with Crippen LogP contribution in [0.1, 0.15) is 65.2 Å². The predicted octanol–water partition coefficient (Wildman–Crippen LogP) is 5.74. The molecule has 0 unspecified atom stereocenters. The van der Waals surface area contributed by atoms with Gasteiger partial charge in [-0.3, -0.25) is 4.79 Å². The third-order valence-electron chi connectivity index (χ3n) is 8.37. The summed E-state index contributed by atoms with van der Waals surface area (Å²) in [6.07, 6.45) is 12.1. The number of ketones is 1. The van der Waals surface area contributed by atoms with Crippen LogP contribution >= 0.6 is 0 Å². The Morgan fingerprint density at radius 3 is 2.48 bits per heavy atom. The molecule has 0 aromatic heterocycles. The fourth-order valence-electron chi connectivity index (χ4n) is 7.13. The lowest BCUT2D eigenvalue weighted by Gasteiger charge is -2.58. The van der Waals surface area contributed by atoms with Gasteiger partial charge < -0.3 is 4.43 Å². The van der Waals surface area contributed by atoms with Crippen LogP contribution in [0.4, 0.5) is 0 Å². The lowest BCUT2D eigenvalue weighted by Crippen LogP contribution is -2.52. The van der Waals surface area contributed by atoms with E-state index in [4.69, 9.17) is 4.43 Å². The number of rotatable bonds is 2. The molecule has 0 heterocycles. The molecule has 6 atom stereocenters. The molecule has 0 spiro atoms. The van der Waals surface area contributed by atoms with Crippen LogP contribution in [0.5, 0.6) is 0 Å². The molecule has 25 heavy (non-hydrogen) atoms. The zero-order valence-electron chi connectivity index (χ0n) is 16.9. The number of allylic oxidation sites excluding steroid dienone is 1. The largest absolute Gasteiger partial charge is 0.414 e. The summed E-state index contributed by atoms with van der Waals surface area (Å²) in [6, 6.07) is 0. The van der Waals surface area contributed by atoms with Crippen molar-refractivity contribution in [3.05, 3.63) is 11.6 Å². The second-order valence-electron chi connectivity index (χ2n) is 10.8. The van der Waals surface area contributed by atoms with Crippen LogP contribution < -0.4 is 0 Å². The topological polar surface area (TPSA) is 26.3 Å². The van der Waals surface area contributed by atoms with Gasteiger partial charge in [0.1, 0.15) is 0 Å². The number of fused-ring (bicyclic) bond motifs is 5. The van der Waals surface area contributed by atoms with E-state index in [9.17, 15) is 4.79 Å². The first-order valence-corrected chi connectivity index (χ1v) is 14.0. The molecule has 0 N–H and O–H groups in total. The van der Waals surface area contributed by atoms with Gasteiger partial charge in [0.25, 0.3) is 0 Å². The van der Waals surface area contributed by atoms with E-state index in [1.165, 1.54) is 37.7 Å². The highest BCUT2D eigenvalue weighted by Crippen LogP contribution is 2.65. The molecule has 0 aliphatic heterocycles. The molecule has 4 aliphatic carbocycles. The fourth-order valence-corrected chi connectivity index (χ4v) is 8.37. The SMILES string of the molecule is C[C@@]12CC[C@@H]3[C@H](CCC4=CC(=O)CC[C@@]43C)[C@H]1CC[C@@H]2O[Si](C)(C)C. The summed E-state index contributed by atoms with van der Waals surface area (Å²) >= 11 is 0. The van der Waals surface area contributed by atoms with Crippen molar-refractivity contribution >= 4 is 14.1 Å². The normalized spacial score (nSPS) is 46.9. The van der Waals surface area contributed by atoms with Crippen LogP contribution in [-0.2, 0) is 9.22 Å². The van der Waals surface area contributed by atoms with Gasteiger partial charge in [-0.2, -0.15) is 0 Å². The Kier molecular flexibility index (Phi) is 4.16. The van der Waals surface area contributed by atoms with Crippen LogP contribution in [0.25, 0.3) is 0 Å². The van der Waals surface area contributed by atoms with Crippen molar-refractivity contribution in [1.29, 1.82) is 0 Å². The molecule has 2 nitrogen and oxygen atoms in total. The third kappa shape index (κ3) is 2.81. The van der Waals surface area contributed by atoms with Crippen LogP contribution in [0.3, 0.4) is 0 Å². The summed E-state index contributed by atoms with van der Waals surface area (Å²) < 4.78 is 6.68. The maximum absolute atomic E-state index is 11.9. The zero-order chi connectivity index (χ0) is 18.0. The lowest BCUT2D eigenvalue weighted by atomic mass is 9.47. The van der Waals surface area contributed by atoms with E-state index in [-0.39, 0.29) is 0 Å². The summed E-state index contributed by atoms with van der Waals surface area (Å²) in [5, 5.41) is 0. The van der Waals surface area contributed by atoms with E-state index in [2.05, 4.69) is 33.5 Å². The fraction of sp³-hybridized carbons (Fsp3) is 0.864. The van der Waals surface area contributed by atoms with Crippen LogP contribution in [0.15, 0.2) is 11.6 Å². The lowest BCUT2D eigenvalue weighted by molar-refractivity contribution is -0.117. The maximum Gasteiger partial charge on any atom is 0.184 e. The Balaban J connectivity index is 1.60. The second kappa shape index (κ2) is 5.79. The van der Waals surface area contributed by atoms with E-state index >= 15 is 0 Å². The molecular weight excluding hydrogens is 324 g/mol. The van der Waals surface area contributed by atoms with Crippen LogP contribution in [-0.4, -0.2) is 20.2 Å². The monoisotopic (exact) mass is 360 g/mol. The molecule has 0 amide bonds. The molecule has 4 rings (SSSR count). The second-order valence-corrected chi connectivity index (χ2v) is 15.3. The summed E-state index contributed by atoms with van der Waals surface area (Å²) in [7, 11) is -1.49. The number of hydrogen-bond acceptors (Lipinski definition) is 2. The molecule has 3 heteroatoms. The quantitative estimate of drug-likeness (QED) is 0.587. The number of carbonyl (C=O) groups excluding carboxylic acids is 1. The Hall–Kier alpha value is -0.413. The molecule has 0 bridgehead atoms. The summed E-state index contributed by atoms with van der Waals surface area (Å²) in [5.74, 6) is 2.85. The molecule has 140 valence electrons. The molecule has 0 aromatic rings. The minimum Gasteiger partial charge on any atom is -0.414 e.